The van der Waals surface area contributed by atoms with Crippen LogP contribution in [0.25, 0.3) is 0 Å². The highest BCUT2D eigenvalue weighted by molar-refractivity contribution is 7.99. The largest absolute Gasteiger partial charge is 0.489 e. The van der Waals surface area contributed by atoms with Crippen LogP contribution in [0, 0.1) is 0 Å². The van der Waals surface area contributed by atoms with E-state index >= 15 is 0 Å². The van der Waals surface area contributed by atoms with Crippen LogP contribution in [0.5, 0.6) is 5.75 Å². The minimum Gasteiger partial charge on any atom is -0.489 e. The number of ether oxygens (including phenoxy) is 2. The van der Waals surface area contributed by atoms with Crippen LogP contribution in [0.2, 0.25) is 5.02 Å². The maximum absolute atomic E-state index is 13.2. The minimum atomic E-state index is -0.488. The van der Waals surface area contributed by atoms with E-state index in [0.717, 1.165) is 29.7 Å². The highest BCUT2D eigenvalue weighted by atomic mass is 35.5. The summed E-state index contributed by atoms with van der Waals surface area (Å²) in [5, 5.41) is 9.29. The van der Waals surface area contributed by atoms with Crippen LogP contribution < -0.4 is 10.1 Å². The molecule has 0 spiro atoms. The fourth-order valence-electron chi connectivity index (χ4n) is 3.80. The normalized spacial score (nSPS) is 14.9. The van der Waals surface area contributed by atoms with Gasteiger partial charge in [0.05, 0.1) is 12.2 Å². The number of aromatic nitrogens is 3. The Morgan fingerprint density at radius 2 is 2.00 bits per heavy atom. The van der Waals surface area contributed by atoms with E-state index < -0.39 is 6.04 Å². The second kappa shape index (κ2) is 11.6. The molecule has 0 radical (unpaired) electrons. The zero-order valence-electron chi connectivity index (χ0n) is 20.1. The third-order valence-electron chi connectivity index (χ3n) is 5.55. The molecule has 0 saturated carbocycles. The first-order valence-electron chi connectivity index (χ1n) is 11.7. The Morgan fingerprint density at radius 1 is 1.20 bits per heavy atom. The fraction of sp³-hybridized carbons (Fsp3) is 0.346. The van der Waals surface area contributed by atoms with Crippen molar-refractivity contribution in [2.75, 3.05) is 17.7 Å². The lowest BCUT2D eigenvalue weighted by Gasteiger charge is -2.28. The van der Waals surface area contributed by atoms with Gasteiger partial charge in [-0.05, 0) is 54.5 Å². The second-order valence-electron chi connectivity index (χ2n) is 8.14. The first kappa shape index (κ1) is 25.1. The molecule has 0 fully saturated rings. The first-order chi connectivity index (χ1) is 17.0. The number of esters is 1. The average molecular weight is 513 g/mol. The summed E-state index contributed by atoms with van der Waals surface area (Å²) in [7, 11) is 0. The SMILES string of the molecule is CCCCOC(=O)C1=C(C)Nc2nc(SCC)nn2C1c1cccc(OCc2ccc(Cl)cc2)c1. The zero-order valence-corrected chi connectivity index (χ0v) is 21.7. The summed E-state index contributed by atoms with van der Waals surface area (Å²) in [6.45, 7) is 6.77. The number of hydrogen-bond acceptors (Lipinski definition) is 7. The fourth-order valence-corrected chi connectivity index (χ4v) is 4.48. The molecule has 1 aromatic heterocycles. The molecule has 0 aliphatic carbocycles. The van der Waals surface area contributed by atoms with Crippen molar-refractivity contribution in [3.63, 3.8) is 0 Å². The van der Waals surface area contributed by atoms with Crippen molar-refractivity contribution < 1.29 is 14.3 Å². The smallest absolute Gasteiger partial charge is 0.338 e. The van der Waals surface area contributed by atoms with Gasteiger partial charge in [-0.15, -0.1) is 5.10 Å². The van der Waals surface area contributed by atoms with Crippen molar-refractivity contribution in [1.29, 1.82) is 0 Å². The Bertz CT molecular complexity index is 1210. The van der Waals surface area contributed by atoms with Gasteiger partial charge in [0.2, 0.25) is 11.1 Å². The van der Waals surface area contributed by atoms with Crippen LogP contribution >= 0.6 is 23.4 Å². The van der Waals surface area contributed by atoms with Gasteiger partial charge < -0.3 is 14.8 Å². The molecule has 3 aromatic rings. The number of benzene rings is 2. The topological polar surface area (TPSA) is 78.3 Å². The van der Waals surface area contributed by atoms with Gasteiger partial charge in [-0.1, -0.05) is 67.9 Å². The molecule has 4 rings (SSSR count). The summed E-state index contributed by atoms with van der Waals surface area (Å²) in [5.74, 6) is 1.78. The lowest BCUT2D eigenvalue weighted by Crippen LogP contribution is -2.29. The number of hydrogen-bond donors (Lipinski definition) is 1. The highest BCUT2D eigenvalue weighted by Crippen LogP contribution is 2.37. The van der Waals surface area contributed by atoms with E-state index in [-0.39, 0.29) is 5.97 Å². The summed E-state index contributed by atoms with van der Waals surface area (Å²) >= 11 is 7.54. The van der Waals surface area contributed by atoms with Crippen LogP contribution in [0.4, 0.5) is 5.95 Å². The molecule has 7 nitrogen and oxygen atoms in total. The van der Waals surface area contributed by atoms with Crippen LogP contribution in [-0.4, -0.2) is 33.1 Å². The van der Waals surface area contributed by atoms with Crippen LogP contribution in [0.3, 0.4) is 0 Å². The van der Waals surface area contributed by atoms with Crippen molar-refractivity contribution >= 4 is 35.3 Å². The monoisotopic (exact) mass is 512 g/mol. The third kappa shape index (κ3) is 6.00. The molecular weight excluding hydrogens is 484 g/mol. The molecule has 9 heteroatoms. The van der Waals surface area contributed by atoms with Crippen molar-refractivity contribution in [2.45, 2.75) is 51.4 Å². The van der Waals surface area contributed by atoms with Gasteiger partial charge in [0, 0.05) is 10.7 Å². The lowest BCUT2D eigenvalue weighted by atomic mass is 9.95. The van der Waals surface area contributed by atoms with Gasteiger partial charge in [-0.25, -0.2) is 9.48 Å². The molecule has 1 atom stereocenters. The van der Waals surface area contributed by atoms with Gasteiger partial charge in [0.1, 0.15) is 18.4 Å². The Kier molecular flexibility index (Phi) is 8.36. The Balaban J connectivity index is 1.66. The minimum absolute atomic E-state index is 0.355. The zero-order chi connectivity index (χ0) is 24.8. The summed E-state index contributed by atoms with van der Waals surface area (Å²) < 4.78 is 13.4. The molecule has 184 valence electrons. The highest BCUT2D eigenvalue weighted by Gasteiger charge is 2.35. The first-order valence-corrected chi connectivity index (χ1v) is 13.1. The van der Waals surface area contributed by atoms with Gasteiger partial charge >= 0.3 is 5.97 Å². The molecule has 35 heavy (non-hydrogen) atoms. The Labute approximate surface area is 214 Å². The molecule has 1 aliphatic rings. The van der Waals surface area contributed by atoms with Crippen LogP contribution in [0.1, 0.15) is 50.8 Å². The van der Waals surface area contributed by atoms with Crippen molar-refractivity contribution in [2.24, 2.45) is 0 Å². The predicted octanol–water partition coefficient (Wildman–Crippen LogP) is 6.25. The van der Waals surface area contributed by atoms with Gasteiger partial charge in [0.25, 0.3) is 0 Å². The lowest BCUT2D eigenvalue weighted by molar-refractivity contribution is -0.139. The van der Waals surface area contributed by atoms with E-state index in [9.17, 15) is 4.79 Å². The maximum Gasteiger partial charge on any atom is 0.338 e. The summed E-state index contributed by atoms with van der Waals surface area (Å²) in [4.78, 5) is 17.8. The number of nitrogens with zero attached hydrogens (tertiary/aromatic N) is 3. The van der Waals surface area contributed by atoms with Crippen LogP contribution in [0.15, 0.2) is 65.0 Å². The van der Waals surface area contributed by atoms with E-state index in [4.69, 9.17) is 26.2 Å². The number of thioether (sulfide) groups is 1. The van der Waals surface area contributed by atoms with E-state index in [2.05, 4.69) is 24.1 Å². The Hall–Kier alpha value is -2.97. The number of unbranched alkanes of at least 4 members (excludes halogenated alkanes) is 1. The molecule has 1 N–H and O–H groups in total. The maximum atomic E-state index is 13.2. The third-order valence-corrected chi connectivity index (χ3v) is 6.52. The second-order valence-corrected chi connectivity index (χ2v) is 9.81. The van der Waals surface area contributed by atoms with E-state index in [1.807, 2.05) is 55.5 Å². The summed E-state index contributed by atoms with van der Waals surface area (Å²) in [6.07, 6.45) is 1.76. The number of carbonyl (C=O) groups is 1. The van der Waals surface area contributed by atoms with E-state index in [1.54, 1.807) is 16.4 Å². The Morgan fingerprint density at radius 3 is 2.74 bits per heavy atom. The van der Waals surface area contributed by atoms with Crippen LogP contribution in [-0.2, 0) is 16.1 Å². The number of halogens is 1. The predicted molar refractivity (Wildman–Crippen MR) is 139 cm³/mol. The van der Waals surface area contributed by atoms with Gasteiger partial charge in [-0.2, -0.15) is 4.98 Å². The van der Waals surface area contributed by atoms with Gasteiger partial charge in [-0.3, -0.25) is 0 Å². The van der Waals surface area contributed by atoms with E-state index in [1.165, 1.54) is 0 Å². The molecule has 2 heterocycles. The number of rotatable bonds is 10. The number of fused-ring (bicyclic) bond motifs is 1. The average Bonchev–Trinajstić information content (AvgIpc) is 3.25. The standard InChI is InChI=1S/C26H29ClN4O3S/c1-4-6-14-33-24(32)22-17(3)28-25-29-26(35-5-2)30-31(25)23(22)19-8-7-9-21(15-19)34-16-18-10-12-20(27)13-11-18/h7-13,15,23H,4-6,14,16H2,1-3H3,(H,28,29,30). The van der Waals surface area contributed by atoms with Crippen molar-refractivity contribution in [3.05, 3.63) is 76.0 Å². The number of allylic oxidation sites excluding steroid dienone is 1. The molecular formula is C26H29ClN4O3S. The summed E-state index contributed by atoms with van der Waals surface area (Å²) in [6, 6.07) is 14.8. The number of nitrogens with one attached hydrogen (secondary N) is 1. The molecule has 2 aromatic carbocycles. The molecule has 0 saturated heterocycles. The van der Waals surface area contributed by atoms with Crippen molar-refractivity contribution in [3.8, 4) is 5.75 Å². The molecule has 0 amide bonds. The van der Waals surface area contributed by atoms with E-state index in [0.29, 0.717) is 46.4 Å². The summed E-state index contributed by atoms with van der Waals surface area (Å²) in [5.41, 5.74) is 3.09. The molecule has 0 bridgehead atoms. The molecule has 1 aliphatic heterocycles. The molecule has 1 unspecified atom stereocenters. The quantitative estimate of drug-likeness (QED) is 0.195. The number of anilines is 1. The number of carbonyl (C=O) groups excluding carboxylic acids is 1. The van der Waals surface area contributed by atoms with Gasteiger partial charge in [0.15, 0.2) is 0 Å². The van der Waals surface area contributed by atoms with Crippen molar-refractivity contribution in [1.82, 2.24) is 14.8 Å².